The molecule has 0 bridgehead atoms. The number of aryl methyl sites for hydroxylation is 1. The van der Waals surface area contributed by atoms with Gasteiger partial charge in [0, 0.05) is 41.1 Å². The van der Waals surface area contributed by atoms with Crippen molar-refractivity contribution in [3.63, 3.8) is 0 Å². The summed E-state index contributed by atoms with van der Waals surface area (Å²) in [6.07, 6.45) is 6.50. The number of halogens is 1. The van der Waals surface area contributed by atoms with Gasteiger partial charge in [0.25, 0.3) is 0 Å². The zero-order valence-electron chi connectivity index (χ0n) is 19.3. The lowest BCUT2D eigenvalue weighted by molar-refractivity contribution is -0.0482. The molecule has 5 rings (SSSR count). The molecule has 180 valence electrons. The highest BCUT2D eigenvalue weighted by Crippen LogP contribution is 2.35. The summed E-state index contributed by atoms with van der Waals surface area (Å²) in [5, 5.41) is 10.7. The van der Waals surface area contributed by atoms with Gasteiger partial charge in [-0.15, -0.1) is 0 Å². The zero-order chi connectivity index (χ0) is 23.5. The first-order valence-corrected chi connectivity index (χ1v) is 12.9. The van der Waals surface area contributed by atoms with E-state index in [2.05, 4.69) is 55.9 Å². The Hall–Kier alpha value is -2.19. The van der Waals surface area contributed by atoms with Crippen LogP contribution in [-0.4, -0.2) is 53.1 Å². The van der Waals surface area contributed by atoms with Gasteiger partial charge in [0.2, 0.25) is 0 Å². The maximum absolute atomic E-state index is 11.4. The van der Waals surface area contributed by atoms with Gasteiger partial charge in [-0.05, 0) is 73.7 Å². The standard InChI is InChI=1S/C27H31BrN2O4/c28-24-8-7-20(27(31)32)16-21(24)17-29-12-9-19(10-13-29)23-18-30(25-5-2-1-4-22(23)25)11-3-6-26-33-14-15-34-26/h1-2,4-5,7-8,16,18-19,26H,3,6,9-15,17H2,(H,31,32). The normalized spacial score (nSPS) is 18.1. The Morgan fingerprint density at radius 2 is 1.85 bits per heavy atom. The van der Waals surface area contributed by atoms with Gasteiger partial charge in [-0.1, -0.05) is 34.1 Å². The van der Waals surface area contributed by atoms with Crippen LogP contribution in [0.1, 0.15) is 53.1 Å². The number of carbonyl (C=O) groups is 1. The van der Waals surface area contributed by atoms with Crippen molar-refractivity contribution in [3.05, 3.63) is 69.8 Å². The molecular formula is C27H31BrN2O4. The third-order valence-corrected chi connectivity index (χ3v) is 7.84. The average molecular weight is 527 g/mol. The molecule has 2 aromatic carbocycles. The van der Waals surface area contributed by atoms with Crippen LogP contribution in [-0.2, 0) is 22.6 Å². The number of aromatic nitrogens is 1. The van der Waals surface area contributed by atoms with Crippen LogP contribution in [0.4, 0.5) is 0 Å². The fraction of sp³-hybridized carbons (Fsp3) is 0.444. The number of benzene rings is 2. The molecule has 6 nitrogen and oxygen atoms in total. The third kappa shape index (κ3) is 5.23. The van der Waals surface area contributed by atoms with Gasteiger partial charge in [0.15, 0.2) is 6.29 Å². The summed E-state index contributed by atoms with van der Waals surface area (Å²) < 4.78 is 14.5. The number of rotatable bonds is 8. The Bertz CT molecular complexity index is 1150. The number of nitrogens with zero attached hydrogens (tertiary/aromatic N) is 2. The van der Waals surface area contributed by atoms with Crippen LogP contribution in [0.3, 0.4) is 0 Å². The first kappa shape index (κ1) is 23.5. The lowest BCUT2D eigenvalue weighted by atomic mass is 9.89. The van der Waals surface area contributed by atoms with E-state index in [1.807, 2.05) is 6.07 Å². The van der Waals surface area contributed by atoms with E-state index in [0.717, 1.165) is 61.9 Å². The second-order valence-corrected chi connectivity index (χ2v) is 10.1. The number of hydrogen-bond donors (Lipinski definition) is 1. The maximum atomic E-state index is 11.4. The van der Waals surface area contributed by atoms with Crippen molar-refractivity contribution in [2.45, 2.75) is 51.0 Å². The number of ether oxygens (including phenoxy) is 2. The molecule has 1 aromatic heterocycles. The molecule has 0 spiro atoms. The van der Waals surface area contributed by atoms with E-state index in [0.29, 0.717) is 24.7 Å². The van der Waals surface area contributed by atoms with Crippen LogP contribution in [0.5, 0.6) is 0 Å². The van der Waals surface area contributed by atoms with Gasteiger partial charge >= 0.3 is 5.97 Å². The van der Waals surface area contributed by atoms with Gasteiger partial charge in [-0.25, -0.2) is 4.79 Å². The van der Waals surface area contributed by atoms with Gasteiger partial charge in [0.1, 0.15) is 0 Å². The molecule has 0 unspecified atom stereocenters. The van der Waals surface area contributed by atoms with Crippen molar-refractivity contribution in [2.75, 3.05) is 26.3 Å². The Kier molecular flexibility index (Phi) is 7.34. The molecule has 3 heterocycles. The SMILES string of the molecule is O=C(O)c1ccc(Br)c(CN2CCC(c3cn(CCCC4OCCO4)c4ccccc34)CC2)c1. The van der Waals surface area contributed by atoms with Crippen molar-refractivity contribution >= 4 is 32.8 Å². The molecule has 7 heteroatoms. The topological polar surface area (TPSA) is 63.9 Å². The molecule has 0 atom stereocenters. The van der Waals surface area contributed by atoms with Crippen LogP contribution in [0.2, 0.25) is 0 Å². The minimum absolute atomic E-state index is 0.0400. The highest BCUT2D eigenvalue weighted by molar-refractivity contribution is 9.10. The number of carboxylic acids is 1. The number of para-hydroxylation sites is 1. The first-order chi connectivity index (χ1) is 16.6. The summed E-state index contributed by atoms with van der Waals surface area (Å²) in [7, 11) is 0. The number of hydrogen-bond acceptors (Lipinski definition) is 4. The summed E-state index contributed by atoms with van der Waals surface area (Å²) in [5.41, 5.74) is 4.14. The van der Waals surface area contributed by atoms with E-state index >= 15 is 0 Å². The number of aromatic carboxylic acids is 1. The molecular weight excluding hydrogens is 496 g/mol. The monoisotopic (exact) mass is 526 g/mol. The Morgan fingerprint density at radius 1 is 1.09 bits per heavy atom. The summed E-state index contributed by atoms with van der Waals surface area (Å²) in [6, 6.07) is 14.0. The Labute approximate surface area is 208 Å². The van der Waals surface area contributed by atoms with E-state index < -0.39 is 5.97 Å². The smallest absolute Gasteiger partial charge is 0.335 e. The van der Waals surface area contributed by atoms with Crippen LogP contribution >= 0.6 is 15.9 Å². The number of likely N-dealkylation sites (tertiary alicyclic amines) is 1. The fourth-order valence-electron chi connectivity index (χ4n) is 5.26. The summed E-state index contributed by atoms with van der Waals surface area (Å²) in [6.45, 7) is 5.16. The molecule has 2 aliphatic rings. The summed E-state index contributed by atoms with van der Waals surface area (Å²) in [5.74, 6) is -0.343. The molecule has 34 heavy (non-hydrogen) atoms. The van der Waals surface area contributed by atoms with E-state index in [1.54, 1.807) is 12.1 Å². The van der Waals surface area contributed by atoms with E-state index in [-0.39, 0.29) is 6.29 Å². The van der Waals surface area contributed by atoms with E-state index in [9.17, 15) is 9.90 Å². The number of fused-ring (bicyclic) bond motifs is 1. The number of piperidine rings is 1. The molecule has 3 aromatic rings. The molecule has 0 aliphatic carbocycles. The van der Waals surface area contributed by atoms with Crippen LogP contribution < -0.4 is 0 Å². The van der Waals surface area contributed by atoms with Crippen molar-refractivity contribution in [1.82, 2.24) is 9.47 Å². The van der Waals surface area contributed by atoms with Crippen molar-refractivity contribution in [1.29, 1.82) is 0 Å². The molecule has 1 N–H and O–H groups in total. The molecule has 0 radical (unpaired) electrons. The van der Waals surface area contributed by atoms with Crippen LogP contribution in [0, 0.1) is 0 Å². The van der Waals surface area contributed by atoms with Crippen LogP contribution in [0.25, 0.3) is 10.9 Å². The molecule has 2 fully saturated rings. The molecule has 0 saturated carbocycles. The van der Waals surface area contributed by atoms with Gasteiger partial charge in [-0.3, -0.25) is 4.90 Å². The molecule has 2 aliphatic heterocycles. The highest BCUT2D eigenvalue weighted by atomic mass is 79.9. The largest absolute Gasteiger partial charge is 0.478 e. The van der Waals surface area contributed by atoms with Gasteiger partial charge < -0.3 is 19.1 Å². The lowest BCUT2D eigenvalue weighted by Crippen LogP contribution is -2.32. The zero-order valence-corrected chi connectivity index (χ0v) is 20.9. The Morgan fingerprint density at radius 3 is 2.62 bits per heavy atom. The quantitative estimate of drug-likeness (QED) is 0.411. The van der Waals surface area contributed by atoms with Gasteiger partial charge in [-0.2, -0.15) is 0 Å². The third-order valence-electron chi connectivity index (χ3n) is 7.06. The highest BCUT2D eigenvalue weighted by Gasteiger charge is 2.24. The second-order valence-electron chi connectivity index (χ2n) is 9.27. The summed E-state index contributed by atoms with van der Waals surface area (Å²) in [4.78, 5) is 13.8. The average Bonchev–Trinajstić information content (AvgIpc) is 3.49. The minimum atomic E-state index is -0.882. The first-order valence-electron chi connectivity index (χ1n) is 12.1. The van der Waals surface area contributed by atoms with Crippen molar-refractivity contribution in [3.8, 4) is 0 Å². The Balaban J connectivity index is 1.24. The second kappa shape index (κ2) is 10.6. The summed E-state index contributed by atoms with van der Waals surface area (Å²) >= 11 is 3.59. The van der Waals surface area contributed by atoms with Gasteiger partial charge in [0.05, 0.1) is 18.8 Å². The minimum Gasteiger partial charge on any atom is -0.478 e. The molecule has 0 amide bonds. The lowest BCUT2D eigenvalue weighted by Gasteiger charge is -2.32. The molecule has 2 saturated heterocycles. The van der Waals surface area contributed by atoms with Crippen molar-refractivity contribution < 1.29 is 19.4 Å². The maximum Gasteiger partial charge on any atom is 0.335 e. The predicted octanol–water partition coefficient (Wildman–Crippen LogP) is 5.63. The van der Waals surface area contributed by atoms with E-state index in [1.165, 1.54) is 16.5 Å². The van der Waals surface area contributed by atoms with Crippen LogP contribution in [0.15, 0.2) is 53.1 Å². The predicted molar refractivity (Wildman–Crippen MR) is 135 cm³/mol. The fourth-order valence-corrected chi connectivity index (χ4v) is 5.63. The van der Waals surface area contributed by atoms with Crippen molar-refractivity contribution in [2.24, 2.45) is 0 Å². The van der Waals surface area contributed by atoms with E-state index in [4.69, 9.17) is 9.47 Å². The number of carboxylic acid groups (broad SMARTS) is 1.